The van der Waals surface area contributed by atoms with Crippen LogP contribution < -0.4 is 5.73 Å². The highest BCUT2D eigenvalue weighted by Crippen LogP contribution is 2.51. The van der Waals surface area contributed by atoms with Crippen molar-refractivity contribution in [2.45, 2.75) is 24.8 Å². The molecule has 4 atom stereocenters. The van der Waals surface area contributed by atoms with Gasteiger partial charge in [-0.15, -0.1) is 0 Å². The third-order valence-electron chi connectivity index (χ3n) is 5.52. The van der Waals surface area contributed by atoms with Crippen LogP contribution in [0.3, 0.4) is 0 Å². The van der Waals surface area contributed by atoms with Crippen molar-refractivity contribution in [3.8, 4) is 11.1 Å². The van der Waals surface area contributed by atoms with Crippen molar-refractivity contribution < 1.29 is 10.4 Å². The average Bonchev–Trinajstić information content (AvgIpc) is 3.23. The van der Waals surface area contributed by atoms with Gasteiger partial charge in [0.25, 0.3) is 0 Å². The number of hydroxylamine groups is 3. The number of hydrogen-bond acceptors (Lipinski definition) is 1. The fourth-order valence-corrected chi connectivity index (χ4v) is 4.42. The fraction of sp³-hybridized carbons (Fsp3) is 0.400. The van der Waals surface area contributed by atoms with Crippen LogP contribution in [0.1, 0.15) is 24.3 Å². The Balaban J connectivity index is 1.54. The molecule has 1 heterocycles. The molecule has 0 spiro atoms. The molecule has 3 nitrogen and oxygen atoms in total. The van der Waals surface area contributed by atoms with Crippen LogP contribution in [0.15, 0.2) is 48.5 Å². The Morgan fingerprint density at radius 3 is 2.75 bits per heavy atom. The second kappa shape index (κ2) is 6.16. The molecule has 4 heteroatoms. The second-order valence-electron chi connectivity index (χ2n) is 7.50. The number of likely N-dealkylation sites (tertiary alicyclic amines) is 1. The molecule has 1 aliphatic heterocycles. The average molecular weight is 344 g/mol. The Bertz CT molecular complexity index is 750. The van der Waals surface area contributed by atoms with E-state index in [0.717, 1.165) is 36.5 Å². The largest absolute Gasteiger partial charge is 0.633 e. The van der Waals surface area contributed by atoms with Crippen LogP contribution >= 0.6 is 11.6 Å². The summed E-state index contributed by atoms with van der Waals surface area (Å²) in [5, 5.41) is 13.6. The smallest absolute Gasteiger partial charge is 0.140 e. The lowest BCUT2D eigenvalue weighted by molar-refractivity contribution is -0.874. The number of hydrogen-bond donors (Lipinski definition) is 1. The van der Waals surface area contributed by atoms with Crippen molar-refractivity contribution in [1.29, 1.82) is 0 Å². The van der Waals surface area contributed by atoms with Gasteiger partial charge in [0.05, 0.1) is 19.5 Å². The molecule has 1 saturated heterocycles. The molecule has 1 aliphatic carbocycles. The van der Waals surface area contributed by atoms with Gasteiger partial charge in [-0.05, 0) is 41.2 Å². The predicted octanol–water partition coefficient (Wildman–Crippen LogP) is 3.44. The van der Waals surface area contributed by atoms with E-state index in [4.69, 9.17) is 11.6 Å². The summed E-state index contributed by atoms with van der Waals surface area (Å²) < 4.78 is -0.0331. The van der Waals surface area contributed by atoms with E-state index in [1.807, 2.05) is 18.2 Å². The van der Waals surface area contributed by atoms with Crippen LogP contribution in [0.25, 0.3) is 11.1 Å². The highest BCUT2D eigenvalue weighted by atomic mass is 35.5. The number of benzene rings is 2. The summed E-state index contributed by atoms with van der Waals surface area (Å²) in [6.45, 7) is 2.19. The molecule has 126 valence electrons. The van der Waals surface area contributed by atoms with Crippen LogP contribution in [-0.2, 0) is 0 Å². The van der Waals surface area contributed by atoms with E-state index in [1.165, 1.54) is 11.1 Å². The van der Waals surface area contributed by atoms with E-state index in [0.29, 0.717) is 24.4 Å². The first-order valence-corrected chi connectivity index (χ1v) is 9.17. The van der Waals surface area contributed by atoms with Crippen LogP contribution in [0.4, 0.5) is 0 Å². The predicted molar refractivity (Wildman–Crippen MR) is 97.3 cm³/mol. The summed E-state index contributed by atoms with van der Waals surface area (Å²) in [6, 6.07) is 16.9. The molecule has 2 aromatic carbocycles. The molecular formula is C20H24ClN2O+. The minimum Gasteiger partial charge on any atom is -0.633 e. The zero-order valence-corrected chi connectivity index (χ0v) is 14.6. The first-order valence-electron chi connectivity index (χ1n) is 8.79. The first-order chi connectivity index (χ1) is 11.5. The zero-order valence-electron chi connectivity index (χ0n) is 13.8. The number of quaternary nitrogens is 2. The molecule has 0 bridgehead atoms. The molecule has 2 fully saturated rings. The van der Waals surface area contributed by atoms with Gasteiger partial charge in [0.1, 0.15) is 12.6 Å². The van der Waals surface area contributed by atoms with Gasteiger partial charge < -0.3 is 15.6 Å². The molecule has 4 rings (SSSR count). The molecule has 3 N–H and O–H groups in total. The van der Waals surface area contributed by atoms with Gasteiger partial charge >= 0.3 is 0 Å². The van der Waals surface area contributed by atoms with Gasteiger partial charge in [0, 0.05) is 10.9 Å². The molecular weight excluding hydrogens is 320 g/mol. The van der Waals surface area contributed by atoms with E-state index in [1.54, 1.807) is 0 Å². The van der Waals surface area contributed by atoms with Crippen molar-refractivity contribution in [3.05, 3.63) is 64.3 Å². The minimum atomic E-state index is -0.0331. The lowest BCUT2D eigenvalue weighted by atomic mass is 9.96. The Hall–Kier alpha value is -1.39. The van der Waals surface area contributed by atoms with Crippen molar-refractivity contribution >= 4 is 11.6 Å². The van der Waals surface area contributed by atoms with Gasteiger partial charge in [-0.2, -0.15) is 0 Å². The lowest BCUT2D eigenvalue weighted by Crippen LogP contribution is -2.63. The maximum absolute atomic E-state index is 12.8. The van der Waals surface area contributed by atoms with Crippen LogP contribution in [-0.4, -0.2) is 30.3 Å². The monoisotopic (exact) mass is 343 g/mol. The van der Waals surface area contributed by atoms with E-state index >= 15 is 0 Å². The van der Waals surface area contributed by atoms with Gasteiger partial charge in [-0.1, -0.05) is 48.0 Å². The van der Waals surface area contributed by atoms with E-state index in [-0.39, 0.29) is 4.65 Å². The number of rotatable bonds is 4. The maximum atomic E-state index is 12.8. The van der Waals surface area contributed by atoms with Crippen LogP contribution in [0.2, 0.25) is 5.02 Å². The summed E-state index contributed by atoms with van der Waals surface area (Å²) in [5.41, 5.74) is 7.85. The van der Waals surface area contributed by atoms with Crippen LogP contribution in [0, 0.1) is 11.1 Å². The summed E-state index contributed by atoms with van der Waals surface area (Å²) in [6.07, 6.45) is 2.10. The van der Waals surface area contributed by atoms with Gasteiger partial charge in [-0.25, -0.2) is 0 Å². The summed E-state index contributed by atoms with van der Waals surface area (Å²) in [5.74, 6) is 1.01. The summed E-state index contributed by atoms with van der Waals surface area (Å²) in [7, 11) is 0. The molecule has 2 aliphatic rings. The zero-order chi connectivity index (χ0) is 16.7. The van der Waals surface area contributed by atoms with Crippen molar-refractivity contribution in [2.24, 2.45) is 5.92 Å². The van der Waals surface area contributed by atoms with Gasteiger partial charge in [0.2, 0.25) is 0 Å². The molecule has 0 amide bonds. The van der Waals surface area contributed by atoms with Gasteiger partial charge in [0.15, 0.2) is 0 Å². The fourth-order valence-electron chi connectivity index (χ4n) is 4.23. The Kier molecular flexibility index (Phi) is 4.13. The molecule has 2 aromatic rings. The molecule has 4 unspecified atom stereocenters. The maximum Gasteiger partial charge on any atom is 0.140 e. The molecule has 1 saturated carbocycles. The first kappa shape index (κ1) is 16.1. The van der Waals surface area contributed by atoms with Crippen LogP contribution in [0.5, 0.6) is 0 Å². The third kappa shape index (κ3) is 3.22. The summed E-state index contributed by atoms with van der Waals surface area (Å²) in [4.78, 5) is 0. The standard InChI is InChI=1S/C20H23ClN2O/c21-16-5-3-4-14(10-16)18-6-1-2-7-19(18)20-11-15(20)12-23(24)9-8-17(22)13-23/h1-7,10,15,17,20H,8-9,11-13,22H2/p+1. The molecule has 0 radical (unpaired) electrons. The quantitative estimate of drug-likeness (QED) is 0.671. The van der Waals surface area contributed by atoms with E-state index in [2.05, 4.69) is 36.1 Å². The number of halogens is 1. The second-order valence-corrected chi connectivity index (χ2v) is 7.94. The highest BCUT2D eigenvalue weighted by molar-refractivity contribution is 6.30. The number of nitrogens with zero attached hydrogens (tertiary/aromatic N) is 1. The SMILES string of the molecule is [NH3+]C1CC[N+]([O-])(CC2CC2c2ccccc2-c2cccc(Cl)c2)C1. The Morgan fingerprint density at radius 1 is 1.17 bits per heavy atom. The summed E-state index contributed by atoms with van der Waals surface area (Å²) >= 11 is 6.17. The molecule has 24 heavy (non-hydrogen) atoms. The molecule has 0 aromatic heterocycles. The normalized spacial score (nSPS) is 32.0. The lowest BCUT2D eigenvalue weighted by Gasteiger charge is -2.38. The van der Waals surface area contributed by atoms with Crippen molar-refractivity contribution in [3.63, 3.8) is 0 Å². The van der Waals surface area contributed by atoms with Crippen molar-refractivity contribution in [1.82, 2.24) is 0 Å². The Morgan fingerprint density at radius 2 is 2.00 bits per heavy atom. The third-order valence-corrected chi connectivity index (χ3v) is 5.76. The van der Waals surface area contributed by atoms with E-state index in [9.17, 15) is 5.21 Å². The minimum absolute atomic E-state index is 0.0331. The van der Waals surface area contributed by atoms with Gasteiger partial charge in [-0.3, -0.25) is 0 Å². The topological polar surface area (TPSA) is 50.7 Å². The van der Waals surface area contributed by atoms with E-state index < -0.39 is 0 Å². The Labute approximate surface area is 148 Å². The highest BCUT2D eigenvalue weighted by Gasteiger charge is 2.45. The van der Waals surface area contributed by atoms with Crippen molar-refractivity contribution in [2.75, 3.05) is 19.6 Å².